The van der Waals surface area contributed by atoms with Gasteiger partial charge in [0.1, 0.15) is 0 Å². The van der Waals surface area contributed by atoms with E-state index in [1.165, 1.54) is 0 Å². The van der Waals surface area contributed by atoms with Crippen LogP contribution in [-0.4, -0.2) is 0 Å². The van der Waals surface area contributed by atoms with Gasteiger partial charge in [-0.25, -0.2) is 0 Å². The molecule has 0 atom stereocenters. The van der Waals surface area contributed by atoms with Gasteiger partial charge in [0.15, 0.2) is 0 Å². The van der Waals surface area contributed by atoms with E-state index in [-0.39, 0.29) is 33.0 Å². The molecule has 40 heavy (non-hydrogen) atoms. The first-order valence-electron chi connectivity index (χ1n) is 21.4. The minimum absolute atomic E-state index is 0.0974. The molecule has 0 bridgehead atoms. The summed E-state index contributed by atoms with van der Waals surface area (Å²) in [6, 6.07) is 2.18. The Balaban J connectivity index is 1.52. The van der Waals surface area contributed by atoms with Crippen molar-refractivity contribution in [3.8, 4) is 33.4 Å². The van der Waals surface area contributed by atoms with Gasteiger partial charge in [0.05, 0.1) is 24.7 Å². The molecule has 0 heterocycles. The molecular formula is C40H26. The number of fused-ring (bicyclic) bond motifs is 4. The lowest BCUT2D eigenvalue weighted by molar-refractivity contribution is 1.63. The molecule has 8 aromatic rings. The van der Waals surface area contributed by atoms with Crippen LogP contribution in [0.5, 0.6) is 0 Å². The van der Waals surface area contributed by atoms with Crippen LogP contribution in [0, 0.1) is 0 Å². The second kappa shape index (κ2) is 9.22. The Morgan fingerprint density at radius 3 is 1.52 bits per heavy atom. The summed E-state index contributed by atoms with van der Waals surface area (Å²) in [5.41, 5.74) is -0.769. The molecule has 186 valence electrons. The van der Waals surface area contributed by atoms with Gasteiger partial charge in [0.25, 0.3) is 0 Å². The molecule has 0 radical (unpaired) electrons. The van der Waals surface area contributed by atoms with Crippen molar-refractivity contribution in [3.05, 3.63) is 157 Å². The molecule has 0 saturated carbocycles. The fourth-order valence-corrected chi connectivity index (χ4v) is 5.14. The Labute approximate surface area is 259 Å². The average molecular weight is 525 g/mol. The third-order valence-corrected chi connectivity index (χ3v) is 6.87. The molecule has 0 aromatic heterocycles. The van der Waals surface area contributed by atoms with Crippen molar-refractivity contribution < 1.29 is 24.7 Å². The number of hydrogen-bond donors (Lipinski definition) is 0. The Kier molecular flexibility index (Phi) is 2.56. The molecule has 0 heteroatoms. The van der Waals surface area contributed by atoms with Crippen molar-refractivity contribution in [1.29, 1.82) is 0 Å². The van der Waals surface area contributed by atoms with Crippen LogP contribution in [-0.2, 0) is 0 Å². The van der Waals surface area contributed by atoms with Gasteiger partial charge in [-0.05, 0) is 82.5 Å². The van der Waals surface area contributed by atoms with Crippen LogP contribution in [0.2, 0.25) is 0 Å². The maximum Gasteiger partial charge on any atom is 0.0636 e. The fraction of sp³-hybridized carbons (Fsp3) is 0. The van der Waals surface area contributed by atoms with E-state index in [1.54, 1.807) is 48.5 Å². The number of benzene rings is 8. The smallest absolute Gasteiger partial charge is 0.0616 e. The highest BCUT2D eigenvalue weighted by molar-refractivity contribution is 6.21. The van der Waals surface area contributed by atoms with Gasteiger partial charge in [0.2, 0.25) is 0 Å². The maximum absolute atomic E-state index is 9.40. The molecule has 0 fully saturated rings. The molecular weight excluding hydrogens is 480 g/mol. The molecule has 0 aliphatic rings. The van der Waals surface area contributed by atoms with E-state index in [9.17, 15) is 6.85 Å². The van der Waals surface area contributed by atoms with Crippen LogP contribution in [0.25, 0.3) is 76.5 Å². The normalized spacial score (nSPS) is 17.8. The van der Waals surface area contributed by atoms with Crippen LogP contribution in [0.3, 0.4) is 0 Å². The molecule has 8 aromatic carbocycles. The predicted molar refractivity (Wildman–Crippen MR) is 173 cm³/mol. The van der Waals surface area contributed by atoms with Crippen LogP contribution >= 0.6 is 0 Å². The summed E-state index contributed by atoms with van der Waals surface area (Å²) in [4.78, 5) is 0. The van der Waals surface area contributed by atoms with Crippen LogP contribution in [0.4, 0.5) is 0 Å². The van der Waals surface area contributed by atoms with E-state index in [1.807, 2.05) is 0 Å². The summed E-state index contributed by atoms with van der Waals surface area (Å²) < 4.78 is 158. The summed E-state index contributed by atoms with van der Waals surface area (Å²) in [5.74, 6) is 0. The van der Waals surface area contributed by atoms with E-state index in [0.29, 0.717) is 21.5 Å². The SMILES string of the molecule is [2H]c1c([2H])c(-c2c([2H])c([2H])c([2H])c3c([2H])c([2H])c([2H])c([2H])c23)c([2H])c([2H])c1-c1c2ccccc2c(-c2c([2H])c([2H])c3c([2H])c([2H])c([2H])c([2H])c3c2[2H])c2ccccc12. The van der Waals surface area contributed by atoms with E-state index >= 15 is 0 Å². The van der Waals surface area contributed by atoms with Crippen molar-refractivity contribution in [1.82, 2.24) is 0 Å². The molecule has 0 aliphatic carbocycles. The monoisotopic (exact) mass is 524 g/mol. The third kappa shape index (κ3) is 3.61. The van der Waals surface area contributed by atoms with Gasteiger partial charge in [-0.15, -0.1) is 0 Å². The first-order chi connectivity index (χ1) is 27.4. The van der Waals surface area contributed by atoms with Gasteiger partial charge in [-0.1, -0.05) is 151 Å². The van der Waals surface area contributed by atoms with Crippen molar-refractivity contribution in [2.75, 3.05) is 0 Å². The van der Waals surface area contributed by atoms with Crippen molar-refractivity contribution in [2.45, 2.75) is 0 Å². The average Bonchev–Trinajstić information content (AvgIpc) is 3.21. The Morgan fingerprint density at radius 1 is 0.350 bits per heavy atom. The van der Waals surface area contributed by atoms with Gasteiger partial charge in [0, 0.05) is 0 Å². The zero-order valence-electron chi connectivity index (χ0n) is 38.6. The van der Waals surface area contributed by atoms with Gasteiger partial charge in [-0.3, -0.25) is 0 Å². The van der Waals surface area contributed by atoms with Crippen molar-refractivity contribution in [3.63, 3.8) is 0 Å². The molecule has 0 amide bonds. The minimum atomic E-state index is -0.733. The third-order valence-electron chi connectivity index (χ3n) is 6.87. The highest BCUT2D eigenvalue weighted by Gasteiger charge is 2.17. The van der Waals surface area contributed by atoms with Crippen LogP contribution < -0.4 is 0 Å². The van der Waals surface area contributed by atoms with E-state index in [4.69, 9.17) is 17.8 Å². The zero-order chi connectivity index (χ0) is 42.1. The topological polar surface area (TPSA) is 0 Å². The van der Waals surface area contributed by atoms with Crippen LogP contribution in [0.15, 0.2) is 157 Å². The maximum atomic E-state index is 9.40. The van der Waals surface area contributed by atoms with E-state index < -0.39 is 131 Å². The molecule has 0 aliphatic heterocycles. The van der Waals surface area contributed by atoms with Gasteiger partial charge in [-0.2, -0.15) is 0 Å². The molecule has 0 unspecified atom stereocenters. The molecule has 0 N–H and O–H groups in total. The fourth-order valence-electron chi connectivity index (χ4n) is 5.14. The summed E-state index contributed by atoms with van der Waals surface area (Å²) in [6.45, 7) is 0. The van der Waals surface area contributed by atoms with Crippen molar-refractivity contribution >= 4 is 43.1 Å². The quantitative estimate of drug-likeness (QED) is 0.202. The minimum Gasteiger partial charge on any atom is -0.0616 e. The summed E-state index contributed by atoms with van der Waals surface area (Å²) in [5, 5.41) is 0.104. The lowest BCUT2D eigenvalue weighted by atomic mass is 9.85. The van der Waals surface area contributed by atoms with E-state index in [2.05, 4.69) is 0 Å². The first-order valence-corrected chi connectivity index (χ1v) is 12.4. The Morgan fingerprint density at radius 2 is 0.850 bits per heavy atom. The molecule has 0 nitrogen and oxygen atoms in total. The summed E-state index contributed by atoms with van der Waals surface area (Å²) >= 11 is 0. The lowest BCUT2D eigenvalue weighted by Gasteiger charge is -2.18. The van der Waals surface area contributed by atoms with E-state index in [0.717, 1.165) is 0 Å². The highest BCUT2D eigenvalue weighted by Crippen LogP contribution is 2.44. The highest BCUT2D eigenvalue weighted by atomic mass is 14.2. The largest absolute Gasteiger partial charge is 0.0636 e. The Hall–Kier alpha value is -5.20. The van der Waals surface area contributed by atoms with Gasteiger partial charge < -0.3 is 0 Å². The van der Waals surface area contributed by atoms with Gasteiger partial charge >= 0.3 is 0 Å². The van der Waals surface area contributed by atoms with Crippen LogP contribution in [0.1, 0.15) is 24.7 Å². The summed E-state index contributed by atoms with van der Waals surface area (Å²) in [7, 11) is 0. The predicted octanol–water partition coefficient (Wildman–Crippen LogP) is 11.3. The first kappa shape index (κ1) is 11.1. The molecule has 0 spiro atoms. The second-order valence-corrected chi connectivity index (χ2v) is 9.09. The summed E-state index contributed by atoms with van der Waals surface area (Å²) in [6.07, 6.45) is 0. The standard InChI is InChI=1S/C40H26/c1-2-12-31-26-32(25-20-27(31)10-1)40-37-17-7-5-15-35(37)39(36-16-6-8-18-38(36)40)30-23-21-29(22-24-30)34-19-9-13-28-11-3-4-14-33(28)34/h1-26H/i1D,2D,3D,4D,9D,10D,11D,12D,13D,14D,19D,20D,21D,22D,23D,24D,25D,26D. The molecule has 8 rings (SSSR count). The second-order valence-electron chi connectivity index (χ2n) is 9.09. The molecule has 0 saturated heterocycles. The van der Waals surface area contributed by atoms with Crippen molar-refractivity contribution in [2.24, 2.45) is 0 Å². The Bertz CT molecular complexity index is 3110. The zero-order valence-corrected chi connectivity index (χ0v) is 20.6. The number of rotatable bonds is 3. The lowest BCUT2D eigenvalue weighted by Crippen LogP contribution is -1.91. The number of hydrogen-bond acceptors (Lipinski definition) is 0.